The van der Waals surface area contributed by atoms with E-state index in [4.69, 9.17) is 27.9 Å². The molecule has 20 heavy (non-hydrogen) atoms. The van der Waals surface area contributed by atoms with Gasteiger partial charge >= 0.3 is 0 Å². The average Bonchev–Trinajstić information content (AvgIpc) is 2.43. The van der Waals surface area contributed by atoms with Gasteiger partial charge in [0.05, 0.1) is 17.5 Å². The molecule has 0 aliphatic carbocycles. The zero-order valence-corrected chi connectivity index (χ0v) is 12.2. The number of ether oxygens (including phenoxy) is 1. The van der Waals surface area contributed by atoms with Crippen molar-refractivity contribution in [2.24, 2.45) is 0 Å². The predicted octanol–water partition coefficient (Wildman–Crippen LogP) is 5.15. The molecular weight excluding hydrogens is 305 g/mol. The second-order valence-electron chi connectivity index (χ2n) is 4.31. The highest BCUT2D eigenvalue weighted by molar-refractivity contribution is 6.30. The van der Waals surface area contributed by atoms with Crippen LogP contribution in [0.15, 0.2) is 36.4 Å². The Hall–Kier alpha value is -1.32. The Morgan fingerprint density at radius 2 is 1.75 bits per heavy atom. The maximum Gasteiger partial charge on any atom is 0.142 e. The van der Waals surface area contributed by atoms with E-state index in [9.17, 15) is 8.78 Å². The summed E-state index contributed by atoms with van der Waals surface area (Å²) in [7, 11) is 1.57. The van der Waals surface area contributed by atoms with Gasteiger partial charge in [0.25, 0.3) is 0 Å². The molecule has 1 atom stereocenters. The normalized spacial score (nSPS) is 12.2. The number of halogens is 4. The van der Waals surface area contributed by atoms with Gasteiger partial charge in [-0.1, -0.05) is 23.7 Å². The summed E-state index contributed by atoms with van der Waals surface area (Å²) < 4.78 is 32.2. The van der Waals surface area contributed by atoms with Crippen molar-refractivity contribution in [2.75, 3.05) is 7.11 Å². The Bertz CT molecular complexity index is 600. The topological polar surface area (TPSA) is 9.23 Å². The molecule has 106 valence electrons. The summed E-state index contributed by atoms with van der Waals surface area (Å²) in [6.45, 7) is 0. The zero-order valence-electron chi connectivity index (χ0n) is 10.7. The summed E-state index contributed by atoms with van der Waals surface area (Å²) in [5, 5.41) is -0.922. The molecule has 0 spiro atoms. The molecule has 1 unspecified atom stereocenters. The Balaban J connectivity index is 2.18. The minimum absolute atomic E-state index is 0.101. The quantitative estimate of drug-likeness (QED) is 0.560. The smallest absolute Gasteiger partial charge is 0.142 e. The van der Waals surface area contributed by atoms with Crippen molar-refractivity contribution >= 4 is 23.2 Å². The van der Waals surface area contributed by atoms with Gasteiger partial charge < -0.3 is 4.74 Å². The SMILES string of the molecule is COc1ccc(CC(Cl)c2cc(F)c(Cl)cc2F)cc1. The maximum absolute atomic E-state index is 13.7. The molecule has 1 nitrogen and oxygen atoms in total. The molecule has 0 heterocycles. The largest absolute Gasteiger partial charge is 0.497 e. The Morgan fingerprint density at radius 3 is 2.35 bits per heavy atom. The molecule has 0 aliphatic rings. The van der Waals surface area contributed by atoms with Crippen LogP contribution in [0.5, 0.6) is 5.75 Å². The fourth-order valence-corrected chi connectivity index (χ4v) is 2.35. The van der Waals surface area contributed by atoms with Crippen molar-refractivity contribution in [1.29, 1.82) is 0 Å². The molecule has 0 saturated carbocycles. The molecule has 5 heteroatoms. The highest BCUT2D eigenvalue weighted by atomic mass is 35.5. The van der Waals surface area contributed by atoms with Crippen molar-refractivity contribution in [3.8, 4) is 5.75 Å². The van der Waals surface area contributed by atoms with Gasteiger partial charge in [-0.05, 0) is 36.2 Å². The number of methoxy groups -OCH3 is 1. The van der Waals surface area contributed by atoms with Crippen LogP contribution in [0.25, 0.3) is 0 Å². The highest BCUT2D eigenvalue weighted by Gasteiger charge is 2.17. The monoisotopic (exact) mass is 316 g/mol. The van der Waals surface area contributed by atoms with Crippen LogP contribution < -0.4 is 4.74 Å². The number of alkyl halides is 1. The van der Waals surface area contributed by atoms with E-state index in [1.165, 1.54) is 0 Å². The molecular formula is C15H12Cl2F2O. The van der Waals surface area contributed by atoms with Gasteiger partial charge in [-0.15, -0.1) is 11.6 Å². The van der Waals surface area contributed by atoms with Gasteiger partial charge in [0.15, 0.2) is 0 Å². The second-order valence-corrected chi connectivity index (χ2v) is 5.24. The van der Waals surface area contributed by atoms with Gasteiger partial charge in [-0.2, -0.15) is 0 Å². The standard InChI is InChI=1S/C15H12Cl2F2O/c1-20-10-4-2-9(3-5-10)6-12(16)11-7-15(19)13(17)8-14(11)18/h2-5,7-8,12H,6H2,1H3. The molecule has 0 amide bonds. The van der Waals surface area contributed by atoms with E-state index in [0.29, 0.717) is 6.42 Å². The van der Waals surface area contributed by atoms with Gasteiger partial charge in [0.1, 0.15) is 17.4 Å². The number of hydrogen-bond donors (Lipinski definition) is 0. The zero-order chi connectivity index (χ0) is 14.7. The Morgan fingerprint density at radius 1 is 1.10 bits per heavy atom. The van der Waals surface area contributed by atoms with Crippen molar-refractivity contribution in [3.63, 3.8) is 0 Å². The number of benzene rings is 2. The lowest BCUT2D eigenvalue weighted by Gasteiger charge is -2.12. The lowest BCUT2D eigenvalue weighted by molar-refractivity contribution is 0.414. The van der Waals surface area contributed by atoms with Gasteiger partial charge in [-0.25, -0.2) is 8.78 Å². The molecule has 0 radical (unpaired) electrons. The van der Waals surface area contributed by atoms with E-state index in [0.717, 1.165) is 23.4 Å². The first-order chi connectivity index (χ1) is 9.51. The molecule has 0 saturated heterocycles. The van der Waals surface area contributed by atoms with E-state index in [-0.39, 0.29) is 10.6 Å². The summed E-state index contributed by atoms with van der Waals surface area (Å²) in [5.74, 6) is -0.558. The summed E-state index contributed by atoms with van der Waals surface area (Å²) in [6.07, 6.45) is 0.379. The van der Waals surface area contributed by atoms with Crippen molar-refractivity contribution in [3.05, 3.63) is 64.2 Å². The molecule has 2 aromatic carbocycles. The minimum atomic E-state index is -0.677. The van der Waals surface area contributed by atoms with Crippen LogP contribution in [0.3, 0.4) is 0 Å². The van der Waals surface area contributed by atoms with Crippen molar-refractivity contribution in [2.45, 2.75) is 11.8 Å². The predicted molar refractivity (Wildman–Crippen MR) is 76.7 cm³/mol. The Kier molecular flexibility index (Phi) is 4.84. The van der Waals surface area contributed by atoms with Crippen molar-refractivity contribution in [1.82, 2.24) is 0 Å². The van der Waals surface area contributed by atoms with Crippen LogP contribution in [0.4, 0.5) is 8.78 Å². The van der Waals surface area contributed by atoms with Crippen LogP contribution in [-0.2, 0) is 6.42 Å². The van der Waals surface area contributed by atoms with Crippen LogP contribution in [0, 0.1) is 11.6 Å². The first-order valence-corrected chi connectivity index (χ1v) is 6.74. The van der Waals surface area contributed by atoms with Crippen LogP contribution in [-0.4, -0.2) is 7.11 Å². The first-order valence-electron chi connectivity index (χ1n) is 5.92. The molecule has 2 rings (SSSR count). The minimum Gasteiger partial charge on any atom is -0.497 e. The molecule has 2 aromatic rings. The van der Waals surface area contributed by atoms with E-state index in [1.807, 2.05) is 12.1 Å². The van der Waals surface area contributed by atoms with Crippen LogP contribution >= 0.6 is 23.2 Å². The molecule has 0 N–H and O–H groups in total. The summed E-state index contributed by atoms with van der Waals surface area (Å²) in [6, 6.07) is 9.22. The van der Waals surface area contributed by atoms with E-state index >= 15 is 0 Å². The lowest BCUT2D eigenvalue weighted by Crippen LogP contribution is -2.00. The number of rotatable bonds is 4. The summed E-state index contributed by atoms with van der Waals surface area (Å²) in [5.41, 5.74) is 1.00. The van der Waals surface area contributed by atoms with Crippen LogP contribution in [0.2, 0.25) is 5.02 Å². The van der Waals surface area contributed by atoms with E-state index < -0.39 is 17.0 Å². The third-order valence-electron chi connectivity index (χ3n) is 2.95. The molecule has 0 aromatic heterocycles. The van der Waals surface area contributed by atoms with Crippen LogP contribution in [0.1, 0.15) is 16.5 Å². The van der Waals surface area contributed by atoms with Gasteiger partial charge in [0.2, 0.25) is 0 Å². The summed E-state index contributed by atoms with van der Waals surface area (Å²) in [4.78, 5) is 0. The fraction of sp³-hybridized carbons (Fsp3) is 0.200. The maximum atomic E-state index is 13.7. The Labute approximate surface area is 126 Å². The van der Waals surface area contributed by atoms with Gasteiger partial charge in [0, 0.05) is 5.56 Å². The first kappa shape index (κ1) is 15.1. The third kappa shape index (κ3) is 3.41. The summed E-state index contributed by atoms with van der Waals surface area (Å²) >= 11 is 11.7. The van der Waals surface area contributed by atoms with E-state index in [1.54, 1.807) is 19.2 Å². The molecule has 0 bridgehead atoms. The lowest BCUT2D eigenvalue weighted by atomic mass is 10.0. The number of hydrogen-bond acceptors (Lipinski definition) is 1. The van der Waals surface area contributed by atoms with Gasteiger partial charge in [-0.3, -0.25) is 0 Å². The average molecular weight is 317 g/mol. The third-order valence-corrected chi connectivity index (χ3v) is 3.63. The fourth-order valence-electron chi connectivity index (χ4n) is 1.86. The molecule has 0 fully saturated rings. The van der Waals surface area contributed by atoms with E-state index in [2.05, 4.69) is 0 Å². The van der Waals surface area contributed by atoms with Crippen molar-refractivity contribution < 1.29 is 13.5 Å². The highest BCUT2D eigenvalue weighted by Crippen LogP contribution is 2.30. The second kappa shape index (κ2) is 6.42. The molecule has 0 aliphatic heterocycles.